The standard InChI is InChI=1S/C27H34N4O4/c1-4-29(18-22-9-6-5-8-19(22)2)26(33)24(32)25-27(34)30(16-17-35-25)20(3)21-10-12-23(13-11-21)31-15-7-14-28-31/h5-13,15,20,24-25,28,32H,4,14,16-18H2,1-3H3/t20-,24-,25-/m1/s1. The van der Waals surface area contributed by atoms with Gasteiger partial charge in [0.05, 0.1) is 18.3 Å². The van der Waals surface area contributed by atoms with E-state index in [0.29, 0.717) is 19.6 Å². The maximum absolute atomic E-state index is 13.3. The van der Waals surface area contributed by atoms with Gasteiger partial charge < -0.3 is 19.6 Å². The van der Waals surface area contributed by atoms with Gasteiger partial charge in [0.25, 0.3) is 11.8 Å². The van der Waals surface area contributed by atoms with Gasteiger partial charge in [-0.1, -0.05) is 42.5 Å². The number of carbonyl (C=O) groups is 2. The van der Waals surface area contributed by atoms with Crippen molar-refractivity contribution in [1.29, 1.82) is 0 Å². The Labute approximate surface area is 206 Å². The molecule has 2 amide bonds. The number of hydrogen-bond acceptors (Lipinski definition) is 6. The van der Waals surface area contributed by atoms with Crippen LogP contribution in [0.2, 0.25) is 0 Å². The van der Waals surface area contributed by atoms with Gasteiger partial charge >= 0.3 is 0 Å². The average molecular weight is 479 g/mol. The van der Waals surface area contributed by atoms with Crippen LogP contribution in [0.25, 0.3) is 0 Å². The smallest absolute Gasteiger partial charge is 0.255 e. The van der Waals surface area contributed by atoms with Crippen molar-refractivity contribution in [2.75, 3.05) is 31.3 Å². The highest BCUT2D eigenvalue weighted by Crippen LogP contribution is 2.27. The zero-order valence-corrected chi connectivity index (χ0v) is 20.6. The molecule has 8 heteroatoms. The van der Waals surface area contributed by atoms with Crippen molar-refractivity contribution < 1.29 is 19.4 Å². The first kappa shape index (κ1) is 24.9. The van der Waals surface area contributed by atoms with Gasteiger partial charge in [0.15, 0.2) is 12.2 Å². The van der Waals surface area contributed by atoms with Crippen molar-refractivity contribution in [3.05, 3.63) is 77.5 Å². The number of benzene rings is 2. The molecule has 0 spiro atoms. The number of ether oxygens (including phenoxy) is 1. The van der Waals surface area contributed by atoms with Gasteiger partial charge in [0.2, 0.25) is 0 Å². The second-order valence-electron chi connectivity index (χ2n) is 8.93. The van der Waals surface area contributed by atoms with E-state index in [4.69, 9.17) is 4.74 Å². The fourth-order valence-corrected chi connectivity index (χ4v) is 4.52. The second kappa shape index (κ2) is 11.0. The van der Waals surface area contributed by atoms with Gasteiger partial charge in [0, 0.05) is 32.4 Å². The van der Waals surface area contributed by atoms with Crippen LogP contribution in [-0.4, -0.2) is 65.2 Å². The molecule has 2 aromatic carbocycles. The van der Waals surface area contributed by atoms with Crippen molar-refractivity contribution in [2.45, 2.75) is 45.6 Å². The van der Waals surface area contributed by atoms with E-state index >= 15 is 0 Å². The SMILES string of the molecule is CCN(Cc1ccccc1C)C(=O)[C@H](O)[C@H]1OCCN([C@H](C)c2ccc(N3C=CCN3)cc2)C1=O. The lowest BCUT2D eigenvalue weighted by Crippen LogP contribution is -2.57. The van der Waals surface area contributed by atoms with Crippen LogP contribution in [0.4, 0.5) is 5.69 Å². The van der Waals surface area contributed by atoms with Crippen molar-refractivity contribution in [3.63, 3.8) is 0 Å². The van der Waals surface area contributed by atoms with Gasteiger partial charge in [0.1, 0.15) is 0 Å². The van der Waals surface area contributed by atoms with E-state index in [1.165, 1.54) is 0 Å². The van der Waals surface area contributed by atoms with Gasteiger partial charge in [-0.05, 0) is 49.6 Å². The maximum Gasteiger partial charge on any atom is 0.255 e. The molecule has 0 unspecified atom stereocenters. The van der Waals surface area contributed by atoms with Crippen molar-refractivity contribution >= 4 is 17.5 Å². The number of likely N-dealkylation sites (N-methyl/N-ethyl adjacent to an activating group) is 1. The van der Waals surface area contributed by atoms with E-state index in [1.54, 1.807) is 9.80 Å². The summed E-state index contributed by atoms with van der Waals surface area (Å²) in [5, 5.41) is 12.9. The molecule has 0 saturated carbocycles. The van der Waals surface area contributed by atoms with Crippen LogP contribution in [0.3, 0.4) is 0 Å². The van der Waals surface area contributed by atoms with E-state index in [1.807, 2.05) is 86.6 Å². The molecule has 3 atom stereocenters. The summed E-state index contributed by atoms with van der Waals surface area (Å²) < 4.78 is 5.63. The normalized spacial score (nSPS) is 19.7. The van der Waals surface area contributed by atoms with Crippen LogP contribution in [-0.2, 0) is 20.9 Å². The Balaban J connectivity index is 1.44. The van der Waals surface area contributed by atoms with Crippen LogP contribution < -0.4 is 10.4 Å². The minimum Gasteiger partial charge on any atom is -0.380 e. The number of aliphatic hydroxyl groups is 1. The zero-order valence-electron chi connectivity index (χ0n) is 20.6. The summed E-state index contributed by atoms with van der Waals surface area (Å²) in [7, 11) is 0. The number of aliphatic hydroxyl groups excluding tert-OH is 1. The van der Waals surface area contributed by atoms with Crippen LogP contribution in [0.15, 0.2) is 60.8 Å². The Kier molecular flexibility index (Phi) is 7.85. The van der Waals surface area contributed by atoms with Gasteiger partial charge in [-0.2, -0.15) is 0 Å². The second-order valence-corrected chi connectivity index (χ2v) is 8.93. The molecule has 0 aromatic heterocycles. The molecule has 0 radical (unpaired) electrons. The monoisotopic (exact) mass is 478 g/mol. The summed E-state index contributed by atoms with van der Waals surface area (Å²) in [6.07, 6.45) is 1.24. The number of morpholine rings is 1. The van der Waals surface area contributed by atoms with Crippen LogP contribution in [0, 0.1) is 6.92 Å². The number of nitrogens with one attached hydrogen (secondary N) is 1. The maximum atomic E-state index is 13.3. The Hall–Kier alpha value is -3.20. The number of hydrazine groups is 1. The van der Waals surface area contributed by atoms with Crippen molar-refractivity contribution in [2.24, 2.45) is 0 Å². The Morgan fingerprint density at radius 3 is 2.63 bits per heavy atom. The van der Waals surface area contributed by atoms with E-state index in [0.717, 1.165) is 28.9 Å². The Morgan fingerprint density at radius 2 is 1.97 bits per heavy atom. The average Bonchev–Trinajstić information content (AvgIpc) is 3.42. The first-order chi connectivity index (χ1) is 16.9. The molecule has 2 heterocycles. The Bertz CT molecular complexity index is 1070. The van der Waals surface area contributed by atoms with Crippen molar-refractivity contribution in [3.8, 4) is 0 Å². The topological polar surface area (TPSA) is 85.4 Å². The fourth-order valence-electron chi connectivity index (χ4n) is 4.52. The Morgan fingerprint density at radius 1 is 1.23 bits per heavy atom. The molecule has 8 nitrogen and oxygen atoms in total. The highest BCUT2D eigenvalue weighted by atomic mass is 16.5. The minimum absolute atomic E-state index is 0.221. The fraction of sp³-hybridized carbons (Fsp3) is 0.407. The minimum atomic E-state index is -1.56. The highest BCUT2D eigenvalue weighted by Gasteiger charge is 2.41. The van der Waals surface area contributed by atoms with Crippen LogP contribution >= 0.6 is 0 Å². The third-order valence-electron chi connectivity index (χ3n) is 6.77. The first-order valence-corrected chi connectivity index (χ1v) is 12.1. The predicted molar refractivity (Wildman–Crippen MR) is 134 cm³/mol. The van der Waals surface area contributed by atoms with Crippen molar-refractivity contribution in [1.82, 2.24) is 15.2 Å². The molecule has 1 saturated heterocycles. The van der Waals surface area contributed by atoms with Crippen LogP contribution in [0.1, 0.15) is 36.6 Å². The largest absolute Gasteiger partial charge is 0.380 e. The van der Waals surface area contributed by atoms with Crippen LogP contribution in [0.5, 0.6) is 0 Å². The first-order valence-electron chi connectivity index (χ1n) is 12.1. The third-order valence-corrected chi connectivity index (χ3v) is 6.77. The molecule has 0 bridgehead atoms. The molecule has 35 heavy (non-hydrogen) atoms. The molecule has 2 aliphatic heterocycles. The number of nitrogens with zero attached hydrogens (tertiary/aromatic N) is 3. The summed E-state index contributed by atoms with van der Waals surface area (Å²) in [5.41, 5.74) is 7.29. The quantitative estimate of drug-likeness (QED) is 0.607. The molecule has 2 aromatic rings. The molecule has 0 aliphatic carbocycles. The third kappa shape index (κ3) is 5.40. The lowest BCUT2D eigenvalue weighted by Gasteiger charge is -2.38. The van der Waals surface area contributed by atoms with Gasteiger partial charge in [-0.15, -0.1) is 0 Å². The molecular weight excluding hydrogens is 444 g/mol. The van der Waals surface area contributed by atoms with E-state index < -0.39 is 18.1 Å². The van der Waals surface area contributed by atoms with E-state index in [-0.39, 0.29) is 18.6 Å². The number of anilines is 1. The lowest BCUT2D eigenvalue weighted by molar-refractivity contribution is -0.173. The molecule has 2 N–H and O–H groups in total. The molecule has 186 valence electrons. The number of amides is 2. The lowest BCUT2D eigenvalue weighted by atomic mass is 10.0. The number of hydrogen-bond donors (Lipinski definition) is 2. The molecule has 2 aliphatic rings. The number of rotatable bonds is 8. The van der Waals surface area contributed by atoms with E-state index in [2.05, 4.69) is 5.43 Å². The van der Waals surface area contributed by atoms with Gasteiger partial charge in [-0.25, -0.2) is 5.43 Å². The molecule has 1 fully saturated rings. The zero-order chi connectivity index (χ0) is 24.9. The summed E-state index contributed by atoms with van der Waals surface area (Å²) in [4.78, 5) is 29.7. The van der Waals surface area contributed by atoms with E-state index in [9.17, 15) is 14.7 Å². The molecular formula is C27H34N4O4. The van der Waals surface area contributed by atoms with Gasteiger partial charge in [-0.3, -0.25) is 14.6 Å². The molecule has 4 rings (SSSR count). The summed E-state index contributed by atoms with van der Waals surface area (Å²) in [5.74, 6) is -0.871. The summed E-state index contributed by atoms with van der Waals surface area (Å²) in [6, 6.07) is 15.6. The highest BCUT2D eigenvalue weighted by molar-refractivity contribution is 5.91. The number of carbonyl (C=O) groups excluding carboxylic acids is 2. The number of aryl methyl sites for hydroxylation is 1. The predicted octanol–water partition coefficient (Wildman–Crippen LogP) is 2.53. The summed E-state index contributed by atoms with van der Waals surface area (Å²) in [6.45, 7) is 8.04. The summed E-state index contributed by atoms with van der Waals surface area (Å²) >= 11 is 0.